The van der Waals surface area contributed by atoms with Crippen LogP contribution in [0.4, 0.5) is 27.4 Å². The number of anilines is 4. The first-order valence-electron chi connectivity index (χ1n) is 7.63. The highest BCUT2D eigenvalue weighted by atomic mass is 19.1. The molecule has 0 aliphatic heterocycles. The predicted molar refractivity (Wildman–Crippen MR) is 97.6 cm³/mol. The number of aromatic nitrogens is 2. The number of nitrogen functional groups attached to an aromatic ring is 1. The summed E-state index contributed by atoms with van der Waals surface area (Å²) in [6.07, 6.45) is 1.29. The van der Waals surface area contributed by atoms with E-state index in [0.29, 0.717) is 5.82 Å². The van der Waals surface area contributed by atoms with Crippen molar-refractivity contribution in [3.8, 4) is 0 Å². The molecule has 2 aromatic carbocycles. The third kappa shape index (κ3) is 4.15. The lowest BCUT2D eigenvalue weighted by molar-refractivity contribution is 0.0962. The zero-order valence-electron chi connectivity index (χ0n) is 13.5. The van der Waals surface area contributed by atoms with Crippen molar-refractivity contribution in [3.63, 3.8) is 0 Å². The van der Waals surface area contributed by atoms with E-state index in [0.717, 1.165) is 5.69 Å². The molecular weight excluding hydrogens is 337 g/mol. The molecule has 1 heterocycles. The van der Waals surface area contributed by atoms with Gasteiger partial charge in [0.25, 0.3) is 5.91 Å². The Balaban J connectivity index is 1.63. The lowest BCUT2D eigenvalue weighted by Crippen LogP contribution is -2.30. The molecule has 0 aliphatic carbocycles. The van der Waals surface area contributed by atoms with Gasteiger partial charge in [-0.25, -0.2) is 14.4 Å². The first-order chi connectivity index (χ1) is 12.6. The van der Waals surface area contributed by atoms with E-state index in [1.807, 2.05) is 30.3 Å². The molecule has 0 aliphatic rings. The lowest BCUT2D eigenvalue weighted by Gasteiger charge is -2.14. The van der Waals surface area contributed by atoms with Crippen molar-refractivity contribution in [1.82, 2.24) is 15.4 Å². The number of nitrogens with one attached hydrogen (secondary N) is 4. The molecule has 3 aromatic rings. The Morgan fingerprint density at radius 1 is 0.885 bits per heavy atom. The van der Waals surface area contributed by atoms with E-state index in [-0.39, 0.29) is 17.1 Å². The maximum atomic E-state index is 12.9. The summed E-state index contributed by atoms with van der Waals surface area (Å²) in [6.45, 7) is 0. The quantitative estimate of drug-likeness (QED) is 0.432. The number of halogens is 1. The van der Waals surface area contributed by atoms with E-state index >= 15 is 0 Å². The Kier molecular flexibility index (Phi) is 5.08. The lowest BCUT2D eigenvalue weighted by atomic mass is 10.2. The molecule has 8 nitrogen and oxygen atoms in total. The maximum absolute atomic E-state index is 12.9. The number of hydrogen-bond donors (Lipinski definition) is 5. The molecule has 0 bridgehead atoms. The Morgan fingerprint density at radius 3 is 2.23 bits per heavy atom. The molecule has 1 aromatic heterocycles. The van der Waals surface area contributed by atoms with E-state index in [1.165, 1.54) is 30.6 Å². The van der Waals surface area contributed by atoms with Gasteiger partial charge in [0, 0.05) is 5.56 Å². The summed E-state index contributed by atoms with van der Waals surface area (Å²) >= 11 is 0. The number of carbonyl (C=O) groups is 1. The zero-order chi connectivity index (χ0) is 18.4. The van der Waals surface area contributed by atoms with E-state index < -0.39 is 11.7 Å². The maximum Gasteiger partial charge on any atom is 0.269 e. The van der Waals surface area contributed by atoms with Crippen LogP contribution in [0.5, 0.6) is 0 Å². The number of nitrogens with zero attached hydrogens (tertiary/aromatic N) is 2. The Hall–Kier alpha value is -3.88. The smallest absolute Gasteiger partial charge is 0.269 e. The summed E-state index contributed by atoms with van der Waals surface area (Å²) in [5.41, 5.74) is 18.2. The summed E-state index contributed by atoms with van der Waals surface area (Å²) in [4.78, 5) is 20.1. The fourth-order valence-corrected chi connectivity index (χ4v) is 2.04. The van der Waals surface area contributed by atoms with Gasteiger partial charge < -0.3 is 5.73 Å². The fraction of sp³-hybridized carbons (Fsp3) is 0. The van der Waals surface area contributed by atoms with Gasteiger partial charge >= 0.3 is 0 Å². The van der Waals surface area contributed by atoms with Gasteiger partial charge in [0.15, 0.2) is 11.6 Å². The summed E-state index contributed by atoms with van der Waals surface area (Å²) in [5, 5.41) is 0. The van der Waals surface area contributed by atoms with Crippen LogP contribution in [0.3, 0.4) is 0 Å². The third-order valence-corrected chi connectivity index (χ3v) is 3.38. The molecule has 9 heteroatoms. The van der Waals surface area contributed by atoms with E-state index in [1.54, 1.807) is 0 Å². The average Bonchev–Trinajstić information content (AvgIpc) is 2.67. The van der Waals surface area contributed by atoms with Crippen LogP contribution in [-0.4, -0.2) is 15.9 Å². The Labute approximate surface area is 148 Å². The summed E-state index contributed by atoms with van der Waals surface area (Å²) in [7, 11) is 0. The van der Waals surface area contributed by atoms with Crippen molar-refractivity contribution in [2.24, 2.45) is 0 Å². The molecule has 3 rings (SSSR count). The molecule has 132 valence electrons. The minimum absolute atomic E-state index is 0.204. The van der Waals surface area contributed by atoms with Gasteiger partial charge in [-0.1, -0.05) is 18.2 Å². The highest BCUT2D eigenvalue weighted by Crippen LogP contribution is 2.22. The van der Waals surface area contributed by atoms with Crippen LogP contribution < -0.4 is 27.4 Å². The number of hydrazine groups is 2. The number of benzene rings is 2. The molecule has 26 heavy (non-hydrogen) atoms. The second-order valence-corrected chi connectivity index (χ2v) is 5.19. The standard InChI is InChI=1S/C17H16FN7O/c18-12-8-6-11(7-9-12)17(26)25-24-16-14(19)15(20-10-21-16)23-22-13-4-2-1-3-5-13/h1-10,22H,19H2,(H,25,26)(H2,20,21,23,24). The SMILES string of the molecule is Nc1c(NNC(=O)c2ccc(F)cc2)ncnc1NNc1ccccc1. The van der Waals surface area contributed by atoms with Gasteiger partial charge in [0.1, 0.15) is 17.8 Å². The van der Waals surface area contributed by atoms with E-state index in [2.05, 4.69) is 31.7 Å². The van der Waals surface area contributed by atoms with E-state index in [9.17, 15) is 9.18 Å². The van der Waals surface area contributed by atoms with E-state index in [4.69, 9.17) is 5.73 Å². The van der Waals surface area contributed by atoms with Crippen molar-refractivity contribution in [1.29, 1.82) is 0 Å². The highest BCUT2D eigenvalue weighted by Gasteiger charge is 2.10. The Morgan fingerprint density at radius 2 is 1.54 bits per heavy atom. The Bertz CT molecular complexity index is 887. The number of carbonyl (C=O) groups excluding carboxylic acids is 1. The highest BCUT2D eigenvalue weighted by molar-refractivity contribution is 5.95. The molecule has 0 unspecified atom stereocenters. The second kappa shape index (κ2) is 7.79. The van der Waals surface area contributed by atoms with Crippen LogP contribution in [0.2, 0.25) is 0 Å². The summed E-state index contributed by atoms with van der Waals surface area (Å²) < 4.78 is 12.9. The van der Waals surface area contributed by atoms with Crippen LogP contribution in [0.25, 0.3) is 0 Å². The average molecular weight is 353 g/mol. The summed E-state index contributed by atoms with van der Waals surface area (Å²) in [5.74, 6) is -0.327. The second-order valence-electron chi connectivity index (χ2n) is 5.19. The molecule has 1 amide bonds. The molecule has 0 atom stereocenters. The van der Waals surface area contributed by atoms with Crippen LogP contribution in [0.1, 0.15) is 10.4 Å². The van der Waals surface area contributed by atoms with Crippen molar-refractivity contribution in [2.75, 3.05) is 22.0 Å². The number of para-hydroxylation sites is 1. The topological polar surface area (TPSA) is 117 Å². The van der Waals surface area contributed by atoms with Crippen molar-refractivity contribution >= 4 is 28.9 Å². The number of nitrogens with two attached hydrogens (primary N) is 1. The van der Waals surface area contributed by atoms with Crippen molar-refractivity contribution in [3.05, 3.63) is 72.3 Å². The minimum Gasteiger partial charge on any atom is -0.393 e. The number of hydrogen-bond acceptors (Lipinski definition) is 7. The molecular formula is C17H16FN7O. The number of rotatable bonds is 6. The summed E-state index contributed by atoms with van der Waals surface area (Å²) in [6, 6.07) is 14.5. The molecule has 0 spiro atoms. The molecule has 0 saturated heterocycles. The van der Waals surface area contributed by atoms with Gasteiger partial charge in [0.2, 0.25) is 0 Å². The monoisotopic (exact) mass is 353 g/mol. The van der Waals surface area contributed by atoms with Gasteiger partial charge in [-0.05, 0) is 36.4 Å². The largest absolute Gasteiger partial charge is 0.393 e. The van der Waals surface area contributed by atoms with Crippen LogP contribution in [0, 0.1) is 5.82 Å². The van der Waals surface area contributed by atoms with Crippen LogP contribution >= 0.6 is 0 Å². The van der Waals surface area contributed by atoms with Crippen molar-refractivity contribution in [2.45, 2.75) is 0 Å². The fourth-order valence-electron chi connectivity index (χ4n) is 2.04. The van der Waals surface area contributed by atoms with Gasteiger partial charge in [-0.15, -0.1) is 0 Å². The first kappa shape index (κ1) is 17.0. The van der Waals surface area contributed by atoms with Gasteiger partial charge in [-0.3, -0.25) is 26.5 Å². The van der Waals surface area contributed by atoms with Gasteiger partial charge in [0.05, 0.1) is 5.69 Å². The molecule has 0 radical (unpaired) electrons. The first-order valence-corrected chi connectivity index (χ1v) is 7.63. The normalized spacial score (nSPS) is 10.0. The van der Waals surface area contributed by atoms with Crippen molar-refractivity contribution < 1.29 is 9.18 Å². The molecule has 6 N–H and O–H groups in total. The number of amides is 1. The minimum atomic E-state index is -0.458. The zero-order valence-corrected chi connectivity index (χ0v) is 13.5. The predicted octanol–water partition coefficient (Wildman–Crippen LogP) is 2.39. The van der Waals surface area contributed by atoms with Crippen LogP contribution in [-0.2, 0) is 0 Å². The van der Waals surface area contributed by atoms with Crippen LogP contribution in [0.15, 0.2) is 60.9 Å². The third-order valence-electron chi connectivity index (χ3n) is 3.38. The molecule has 0 saturated carbocycles. The molecule has 0 fully saturated rings. The van der Waals surface area contributed by atoms with Gasteiger partial charge in [-0.2, -0.15) is 0 Å².